The van der Waals surface area contributed by atoms with Crippen molar-refractivity contribution in [3.63, 3.8) is 0 Å². The minimum atomic E-state index is -0.667. The minimum absolute atomic E-state index is 0.0659. The number of ketones is 1. The Morgan fingerprint density at radius 3 is 2.10 bits per heavy atom. The average Bonchev–Trinajstić information content (AvgIpc) is 2.99. The summed E-state index contributed by atoms with van der Waals surface area (Å²) in [5.41, 5.74) is 1.75. The first kappa shape index (κ1) is 22.4. The van der Waals surface area contributed by atoms with Crippen molar-refractivity contribution in [3.05, 3.63) is 71.0 Å². The normalized spacial score (nSPS) is 16.4. The maximum Gasteiger partial charge on any atom is 0.290 e. The Balaban J connectivity index is 1.97. The molecule has 0 saturated heterocycles. The van der Waals surface area contributed by atoms with Gasteiger partial charge in [-0.25, -0.2) is 0 Å². The molecule has 2 aromatic carbocycles. The third-order valence-electron chi connectivity index (χ3n) is 5.17. The highest BCUT2D eigenvalue weighted by molar-refractivity contribution is 6.09. The summed E-state index contributed by atoms with van der Waals surface area (Å²) in [5, 5.41) is 10.6. The molecule has 0 spiro atoms. The summed E-state index contributed by atoms with van der Waals surface area (Å²) in [7, 11) is 1.58. The Kier molecular flexibility index (Phi) is 6.68. The van der Waals surface area contributed by atoms with Crippen LogP contribution in [0.2, 0.25) is 0 Å². The molecule has 0 saturated carbocycles. The molecular formula is C25H29NO5. The lowest BCUT2D eigenvalue weighted by Gasteiger charge is -2.27. The topological polar surface area (TPSA) is 76.1 Å². The van der Waals surface area contributed by atoms with Crippen LogP contribution in [0.25, 0.3) is 0 Å². The van der Waals surface area contributed by atoms with Crippen LogP contribution in [0.1, 0.15) is 44.9 Å². The predicted molar refractivity (Wildman–Crippen MR) is 118 cm³/mol. The number of rotatable bonds is 8. The molecule has 1 N–H and O–H groups in total. The first-order valence-corrected chi connectivity index (χ1v) is 10.4. The van der Waals surface area contributed by atoms with Crippen molar-refractivity contribution < 1.29 is 24.2 Å². The summed E-state index contributed by atoms with van der Waals surface area (Å²) >= 11 is 0. The van der Waals surface area contributed by atoms with E-state index in [1.807, 2.05) is 50.2 Å². The molecule has 0 radical (unpaired) electrons. The average molecular weight is 424 g/mol. The van der Waals surface area contributed by atoms with Crippen molar-refractivity contribution >= 4 is 11.7 Å². The van der Waals surface area contributed by atoms with Crippen molar-refractivity contribution in [2.45, 2.75) is 46.4 Å². The molecule has 1 atom stereocenters. The minimum Gasteiger partial charge on any atom is -0.503 e. The Morgan fingerprint density at radius 1 is 1.00 bits per heavy atom. The van der Waals surface area contributed by atoms with E-state index >= 15 is 0 Å². The van der Waals surface area contributed by atoms with Crippen molar-refractivity contribution in [2.24, 2.45) is 5.92 Å². The van der Waals surface area contributed by atoms with Crippen LogP contribution < -0.4 is 9.47 Å². The van der Waals surface area contributed by atoms with Gasteiger partial charge in [0.1, 0.15) is 11.5 Å². The summed E-state index contributed by atoms with van der Waals surface area (Å²) < 4.78 is 10.9. The number of carbonyl (C=O) groups excluding carboxylic acids is 2. The van der Waals surface area contributed by atoms with Crippen LogP contribution in [0.5, 0.6) is 11.5 Å². The van der Waals surface area contributed by atoms with E-state index in [9.17, 15) is 14.7 Å². The third-order valence-corrected chi connectivity index (χ3v) is 5.17. The van der Waals surface area contributed by atoms with E-state index in [0.717, 1.165) is 16.9 Å². The maximum atomic E-state index is 13.0. The van der Waals surface area contributed by atoms with E-state index in [0.29, 0.717) is 5.75 Å². The summed E-state index contributed by atoms with van der Waals surface area (Å²) in [6, 6.07) is 14.0. The molecule has 6 heteroatoms. The van der Waals surface area contributed by atoms with Gasteiger partial charge in [-0.2, -0.15) is 0 Å². The van der Waals surface area contributed by atoms with Crippen molar-refractivity contribution in [1.29, 1.82) is 0 Å². The molecule has 2 aromatic rings. The van der Waals surface area contributed by atoms with Crippen LogP contribution in [-0.4, -0.2) is 34.9 Å². The first-order chi connectivity index (χ1) is 14.7. The van der Waals surface area contributed by atoms with Crippen LogP contribution in [-0.2, 0) is 16.1 Å². The highest BCUT2D eigenvalue weighted by atomic mass is 16.5. The fourth-order valence-corrected chi connectivity index (χ4v) is 3.65. The predicted octanol–water partition coefficient (Wildman–Crippen LogP) is 4.60. The van der Waals surface area contributed by atoms with Crippen molar-refractivity contribution in [1.82, 2.24) is 4.90 Å². The fourth-order valence-electron chi connectivity index (χ4n) is 3.65. The number of aliphatic hydroxyl groups excluding tert-OH is 1. The quantitative estimate of drug-likeness (QED) is 0.671. The standard InChI is InChI=1S/C25H29NO5/c1-15(2)23(27)21-22(18-8-12-19(30-5)13-9-18)26(25(29)24(21)28)14-17-6-10-20(11-7-17)31-16(3)4/h6-13,15-16,22,28H,14H2,1-5H3. The molecule has 0 aromatic heterocycles. The maximum absolute atomic E-state index is 13.0. The van der Waals surface area contributed by atoms with Gasteiger partial charge < -0.3 is 19.5 Å². The molecule has 1 aliphatic rings. The van der Waals surface area contributed by atoms with Gasteiger partial charge in [-0.15, -0.1) is 0 Å². The largest absolute Gasteiger partial charge is 0.503 e. The molecule has 1 heterocycles. The zero-order valence-electron chi connectivity index (χ0n) is 18.6. The smallest absolute Gasteiger partial charge is 0.290 e. The number of methoxy groups -OCH3 is 1. The van der Waals surface area contributed by atoms with Gasteiger partial charge in [-0.1, -0.05) is 38.1 Å². The van der Waals surface area contributed by atoms with E-state index in [1.54, 1.807) is 33.1 Å². The lowest BCUT2D eigenvalue weighted by atomic mass is 9.91. The van der Waals surface area contributed by atoms with Gasteiger partial charge in [0.15, 0.2) is 11.5 Å². The summed E-state index contributed by atoms with van der Waals surface area (Å²) in [6.07, 6.45) is 0.0659. The van der Waals surface area contributed by atoms with Crippen LogP contribution in [0.4, 0.5) is 0 Å². The number of hydrogen-bond acceptors (Lipinski definition) is 5. The van der Waals surface area contributed by atoms with E-state index in [2.05, 4.69) is 0 Å². The molecule has 1 unspecified atom stereocenters. The SMILES string of the molecule is COc1ccc(C2C(C(=O)C(C)C)=C(O)C(=O)N2Cc2ccc(OC(C)C)cc2)cc1. The number of aliphatic hydroxyl groups is 1. The second-order valence-corrected chi connectivity index (χ2v) is 8.20. The number of ether oxygens (including phenoxy) is 2. The van der Waals surface area contributed by atoms with Crippen molar-refractivity contribution in [3.8, 4) is 11.5 Å². The monoisotopic (exact) mass is 423 g/mol. The zero-order valence-corrected chi connectivity index (χ0v) is 18.6. The highest BCUT2D eigenvalue weighted by Gasteiger charge is 2.43. The Bertz CT molecular complexity index is 974. The molecule has 0 aliphatic carbocycles. The highest BCUT2D eigenvalue weighted by Crippen LogP contribution is 2.40. The number of benzene rings is 2. The zero-order chi connectivity index (χ0) is 22.7. The summed E-state index contributed by atoms with van der Waals surface area (Å²) in [5.74, 6) is -0.195. The molecule has 6 nitrogen and oxygen atoms in total. The van der Waals surface area contributed by atoms with Gasteiger partial charge in [-0.05, 0) is 49.2 Å². The van der Waals surface area contributed by atoms with Gasteiger partial charge in [0.2, 0.25) is 0 Å². The second-order valence-electron chi connectivity index (χ2n) is 8.20. The van der Waals surface area contributed by atoms with E-state index < -0.39 is 17.7 Å². The van der Waals surface area contributed by atoms with Gasteiger partial charge in [-0.3, -0.25) is 9.59 Å². The summed E-state index contributed by atoms with van der Waals surface area (Å²) in [4.78, 5) is 27.4. The van der Waals surface area contributed by atoms with Crippen LogP contribution in [0.15, 0.2) is 59.9 Å². The molecular weight excluding hydrogens is 394 g/mol. The van der Waals surface area contributed by atoms with Gasteiger partial charge in [0, 0.05) is 12.5 Å². The fraction of sp³-hybridized carbons (Fsp3) is 0.360. The van der Waals surface area contributed by atoms with Crippen LogP contribution in [0.3, 0.4) is 0 Å². The van der Waals surface area contributed by atoms with E-state index in [4.69, 9.17) is 9.47 Å². The van der Waals surface area contributed by atoms with Crippen LogP contribution in [0, 0.1) is 5.92 Å². The third kappa shape index (κ3) is 4.74. The molecule has 0 bridgehead atoms. The van der Waals surface area contributed by atoms with E-state index in [1.165, 1.54) is 4.90 Å². The number of carbonyl (C=O) groups is 2. The van der Waals surface area contributed by atoms with Gasteiger partial charge in [0.25, 0.3) is 5.91 Å². The number of hydrogen-bond donors (Lipinski definition) is 1. The van der Waals surface area contributed by atoms with Crippen LogP contribution >= 0.6 is 0 Å². The second kappa shape index (κ2) is 9.25. The first-order valence-electron chi connectivity index (χ1n) is 10.4. The Morgan fingerprint density at radius 2 is 1.58 bits per heavy atom. The Labute approximate surface area is 183 Å². The molecule has 0 fully saturated rings. The lowest BCUT2D eigenvalue weighted by Crippen LogP contribution is -2.31. The molecule has 164 valence electrons. The Hall–Kier alpha value is -3.28. The summed E-state index contributed by atoms with van der Waals surface area (Å²) in [6.45, 7) is 7.68. The lowest BCUT2D eigenvalue weighted by molar-refractivity contribution is -0.130. The number of nitrogens with zero attached hydrogens (tertiary/aromatic N) is 1. The molecule has 1 aliphatic heterocycles. The van der Waals surface area contributed by atoms with Gasteiger partial charge >= 0.3 is 0 Å². The number of Topliss-reactive ketones (excluding diaryl/α,β-unsaturated/α-hetero) is 1. The molecule has 1 amide bonds. The van der Waals surface area contributed by atoms with E-state index in [-0.39, 0.29) is 29.9 Å². The number of amides is 1. The molecule has 31 heavy (non-hydrogen) atoms. The molecule has 3 rings (SSSR count). The van der Waals surface area contributed by atoms with Gasteiger partial charge in [0.05, 0.1) is 24.8 Å². The van der Waals surface area contributed by atoms with Crippen molar-refractivity contribution in [2.75, 3.05) is 7.11 Å².